The number of amides is 1. The number of carbonyl (C=O) groups excluding carboxylic acids is 1. The van der Waals surface area contributed by atoms with Crippen molar-refractivity contribution >= 4 is 28.9 Å². The van der Waals surface area contributed by atoms with Gasteiger partial charge in [-0.2, -0.15) is 0 Å². The Hall–Kier alpha value is -2.20. The summed E-state index contributed by atoms with van der Waals surface area (Å²) >= 11 is 6.07. The molecule has 0 radical (unpaired) electrons. The Morgan fingerprint density at radius 1 is 1.29 bits per heavy atom. The van der Waals surface area contributed by atoms with Crippen LogP contribution in [0.25, 0.3) is 0 Å². The summed E-state index contributed by atoms with van der Waals surface area (Å²) in [6, 6.07) is 13.4. The van der Waals surface area contributed by atoms with Crippen molar-refractivity contribution in [1.82, 2.24) is 0 Å². The Balaban J connectivity index is 1.64. The number of benzene rings is 2. The van der Waals surface area contributed by atoms with E-state index in [4.69, 9.17) is 16.3 Å². The molecule has 1 amide bonds. The zero-order valence-corrected chi connectivity index (χ0v) is 14.6. The Morgan fingerprint density at radius 2 is 2.04 bits per heavy atom. The molecule has 1 atom stereocenters. The number of likely N-dealkylation sites (N-methyl/N-ethyl adjacent to an activating group) is 1. The largest absolute Gasteiger partial charge is 0.489 e. The smallest absolute Gasteiger partial charge is 0.226 e. The zero-order valence-electron chi connectivity index (χ0n) is 13.9. The van der Waals surface area contributed by atoms with E-state index in [2.05, 4.69) is 17.1 Å². The van der Waals surface area contributed by atoms with E-state index in [9.17, 15) is 4.79 Å². The van der Waals surface area contributed by atoms with Gasteiger partial charge < -0.3 is 15.0 Å². The van der Waals surface area contributed by atoms with Crippen LogP contribution in [-0.4, -0.2) is 25.6 Å². The van der Waals surface area contributed by atoms with Crippen LogP contribution in [0.4, 0.5) is 11.4 Å². The van der Waals surface area contributed by atoms with Crippen LogP contribution in [0, 0.1) is 0 Å². The van der Waals surface area contributed by atoms with Gasteiger partial charge in [0, 0.05) is 17.8 Å². The molecule has 0 fully saturated rings. The third-order valence-corrected chi connectivity index (χ3v) is 4.58. The number of rotatable bonds is 4. The Kier molecular flexibility index (Phi) is 4.95. The second-order valence-electron chi connectivity index (χ2n) is 5.99. The summed E-state index contributed by atoms with van der Waals surface area (Å²) in [6.45, 7) is 2.59. The standard InChI is InChI=1S/C19H21ClN2O2/c1-3-13-4-7-15(8-5-13)21-19(23)11-16-12-24-18-9-6-14(20)10-17(18)22(16)2/h4-10,16H,3,11-12H2,1-2H3,(H,21,23). The average Bonchev–Trinajstić information content (AvgIpc) is 2.58. The van der Waals surface area contributed by atoms with E-state index >= 15 is 0 Å². The summed E-state index contributed by atoms with van der Waals surface area (Å²) < 4.78 is 5.76. The fraction of sp³-hybridized carbons (Fsp3) is 0.316. The topological polar surface area (TPSA) is 41.6 Å². The van der Waals surface area contributed by atoms with E-state index in [1.54, 1.807) is 6.07 Å². The molecule has 1 unspecified atom stereocenters. The van der Waals surface area contributed by atoms with Crippen LogP contribution < -0.4 is 15.0 Å². The minimum atomic E-state index is -0.0230. The zero-order chi connectivity index (χ0) is 17.1. The lowest BCUT2D eigenvalue weighted by Gasteiger charge is -2.35. The number of aryl methyl sites for hydroxylation is 1. The van der Waals surface area contributed by atoms with Gasteiger partial charge in [-0.15, -0.1) is 0 Å². The third kappa shape index (κ3) is 3.65. The van der Waals surface area contributed by atoms with Crippen molar-refractivity contribution in [2.75, 3.05) is 23.9 Å². The van der Waals surface area contributed by atoms with Crippen molar-refractivity contribution in [3.05, 3.63) is 53.1 Å². The lowest BCUT2D eigenvalue weighted by atomic mass is 10.1. The van der Waals surface area contributed by atoms with Crippen LogP contribution in [0.1, 0.15) is 18.9 Å². The summed E-state index contributed by atoms with van der Waals surface area (Å²) in [5.41, 5.74) is 2.99. The Bertz CT molecular complexity index is 731. The van der Waals surface area contributed by atoms with E-state index in [0.29, 0.717) is 18.1 Å². The molecule has 5 heteroatoms. The molecule has 126 valence electrons. The number of hydrogen-bond donors (Lipinski definition) is 1. The molecule has 0 aromatic heterocycles. The lowest BCUT2D eigenvalue weighted by Crippen LogP contribution is -2.42. The molecule has 0 bridgehead atoms. The van der Waals surface area contributed by atoms with Crippen molar-refractivity contribution in [3.63, 3.8) is 0 Å². The minimum Gasteiger partial charge on any atom is -0.489 e. The van der Waals surface area contributed by atoms with Crippen molar-refractivity contribution in [1.29, 1.82) is 0 Å². The van der Waals surface area contributed by atoms with Crippen LogP contribution in [0.2, 0.25) is 5.02 Å². The maximum atomic E-state index is 12.3. The SMILES string of the molecule is CCc1ccc(NC(=O)CC2COc3ccc(Cl)cc3N2C)cc1. The van der Waals surface area contributed by atoms with Gasteiger partial charge in [0.15, 0.2) is 0 Å². The third-order valence-electron chi connectivity index (χ3n) is 4.35. The maximum absolute atomic E-state index is 12.3. The van der Waals surface area contributed by atoms with Gasteiger partial charge in [-0.1, -0.05) is 30.7 Å². The van der Waals surface area contributed by atoms with Crippen LogP contribution >= 0.6 is 11.6 Å². The molecule has 2 aromatic carbocycles. The van der Waals surface area contributed by atoms with Gasteiger partial charge in [-0.05, 0) is 42.3 Å². The monoisotopic (exact) mass is 344 g/mol. The fourth-order valence-corrected chi connectivity index (χ4v) is 2.99. The summed E-state index contributed by atoms with van der Waals surface area (Å²) in [4.78, 5) is 14.4. The average molecular weight is 345 g/mol. The Morgan fingerprint density at radius 3 is 2.75 bits per heavy atom. The van der Waals surface area contributed by atoms with Crippen molar-refractivity contribution in [2.24, 2.45) is 0 Å². The van der Waals surface area contributed by atoms with E-state index in [0.717, 1.165) is 23.5 Å². The van der Waals surface area contributed by atoms with Crippen LogP contribution in [0.5, 0.6) is 5.75 Å². The highest BCUT2D eigenvalue weighted by molar-refractivity contribution is 6.31. The number of nitrogens with one attached hydrogen (secondary N) is 1. The molecule has 1 heterocycles. The van der Waals surface area contributed by atoms with Gasteiger partial charge >= 0.3 is 0 Å². The first kappa shape index (κ1) is 16.7. The molecule has 1 aliphatic heterocycles. The molecule has 1 N–H and O–H groups in total. The molecular formula is C19H21ClN2O2. The normalized spacial score (nSPS) is 16.3. The fourth-order valence-electron chi connectivity index (χ4n) is 2.83. The molecule has 0 saturated carbocycles. The predicted molar refractivity (Wildman–Crippen MR) is 98.2 cm³/mol. The predicted octanol–water partition coefficient (Wildman–Crippen LogP) is 4.13. The second-order valence-corrected chi connectivity index (χ2v) is 6.43. The number of halogens is 1. The van der Waals surface area contributed by atoms with E-state index in [1.165, 1.54) is 5.56 Å². The van der Waals surface area contributed by atoms with Crippen LogP contribution in [-0.2, 0) is 11.2 Å². The minimum absolute atomic E-state index is 0.0223. The van der Waals surface area contributed by atoms with Crippen LogP contribution in [0.3, 0.4) is 0 Å². The van der Waals surface area contributed by atoms with Gasteiger partial charge in [-0.3, -0.25) is 4.79 Å². The van der Waals surface area contributed by atoms with Gasteiger partial charge in [-0.25, -0.2) is 0 Å². The second kappa shape index (κ2) is 7.14. The van der Waals surface area contributed by atoms with Gasteiger partial charge in [0.25, 0.3) is 0 Å². The number of hydrogen-bond acceptors (Lipinski definition) is 3. The van der Waals surface area contributed by atoms with Gasteiger partial charge in [0.1, 0.15) is 12.4 Å². The number of ether oxygens (including phenoxy) is 1. The number of carbonyl (C=O) groups is 1. The summed E-state index contributed by atoms with van der Waals surface area (Å²) in [7, 11) is 1.96. The molecule has 3 rings (SSSR count). The quantitative estimate of drug-likeness (QED) is 0.906. The molecule has 0 saturated heterocycles. The highest BCUT2D eigenvalue weighted by atomic mass is 35.5. The first-order valence-corrected chi connectivity index (χ1v) is 8.48. The molecular weight excluding hydrogens is 324 g/mol. The first-order valence-electron chi connectivity index (χ1n) is 8.11. The van der Waals surface area contributed by atoms with E-state index < -0.39 is 0 Å². The number of anilines is 2. The summed E-state index contributed by atoms with van der Waals surface area (Å²) in [5, 5.41) is 3.61. The molecule has 4 nitrogen and oxygen atoms in total. The van der Waals surface area contributed by atoms with E-state index in [1.807, 2.05) is 43.4 Å². The number of nitrogens with zero attached hydrogens (tertiary/aromatic N) is 1. The van der Waals surface area contributed by atoms with Crippen molar-refractivity contribution in [2.45, 2.75) is 25.8 Å². The highest BCUT2D eigenvalue weighted by Gasteiger charge is 2.27. The molecule has 24 heavy (non-hydrogen) atoms. The number of fused-ring (bicyclic) bond motifs is 1. The van der Waals surface area contributed by atoms with Crippen molar-refractivity contribution < 1.29 is 9.53 Å². The van der Waals surface area contributed by atoms with Crippen molar-refractivity contribution in [3.8, 4) is 5.75 Å². The van der Waals surface area contributed by atoms with Crippen LogP contribution in [0.15, 0.2) is 42.5 Å². The summed E-state index contributed by atoms with van der Waals surface area (Å²) in [6.07, 6.45) is 1.35. The maximum Gasteiger partial charge on any atom is 0.226 e. The lowest BCUT2D eigenvalue weighted by molar-refractivity contribution is -0.116. The molecule has 0 aliphatic carbocycles. The van der Waals surface area contributed by atoms with E-state index in [-0.39, 0.29) is 11.9 Å². The van der Waals surface area contributed by atoms with Gasteiger partial charge in [0.05, 0.1) is 18.2 Å². The Labute approximate surface area is 147 Å². The van der Waals surface area contributed by atoms with Gasteiger partial charge in [0.2, 0.25) is 5.91 Å². The summed E-state index contributed by atoms with van der Waals surface area (Å²) in [5.74, 6) is 0.777. The first-order chi connectivity index (χ1) is 11.6. The molecule has 1 aliphatic rings. The molecule has 0 spiro atoms. The highest BCUT2D eigenvalue weighted by Crippen LogP contribution is 2.35. The molecule has 2 aromatic rings.